The molecule has 0 saturated heterocycles. The predicted molar refractivity (Wildman–Crippen MR) is 109 cm³/mol. The molecule has 0 atom stereocenters. The van der Waals surface area contributed by atoms with Crippen molar-refractivity contribution < 1.29 is 14.3 Å². The molecule has 0 aliphatic carbocycles. The molecule has 1 amide bonds. The lowest BCUT2D eigenvalue weighted by Gasteiger charge is -2.10. The van der Waals surface area contributed by atoms with E-state index in [-0.39, 0.29) is 19.1 Å². The van der Waals surface area contributed by atoms with E-state index in [1.54, 1.807) is 0 Å². The number of rotatable bonds is 4. The fourth-order valence-electron chi connectivity index (χ4n) is 3.48. The Balaban J connectivity index is 1.39. The SMILES string of the molecule is O=C(Cc1ccc2c(c1)OCO2)Nc1ccccc1-c1cc2ccccc2[nH]1. The van der Waals surface area contributed by atoms with Crippen LogP contribution in [0.5, 0.6) is 11.5 Å². The van der Waals surface area contributed by atoms with Gasteiger partial charge in [0.15, 0.2) is 11.5 Å². The number of ether oxygens (including phenoxy) is 2. The summed E-state index contributed by atoms with van der Waals surface area (Å²) in [6.45, 7) is 0.225. The van der Waals surface area contributed by atoms with Crippen LogP contribution in [0.1, 0.15) is 5.56 Å². The van der Waals surface area contributed by atoms with Crippen LogP contribution in [0.15, 0.2) is 72.8 Å². The summed E-state index contributed by atoms with van der Waals surface area (Å²) in [5, 5.41) is 4.18. The lowest BCUT2D eigenvalue weighted by molar-refractivity contribution is -0.115. The van der Waals surface area contributed by atoms with Gasteiger partial charge in [-0.2, -0.15) is 0 Å². The van der Waals surface area contributed by atoms with E-state index in [1.165, 1.54) is 0 Å². The molecule has 3 aromatic carbocycles. The van der Waals surface area contributed by atoms with Crippen LogP contribution in [-0.2, 0) is 11.2 Å². The van der Waals surface area contributed by atoms with Crippen molar-refractivity contribution in [2.75, 3.05) is 12.1 Å². The molecule has 4 aromatic rings. The van der Waals surface area contributed by atoms with E-state index in [0.29, 0.717) is 11.5 Å². The van der Waals surface area contributed by atoms with Gasteiger partial charge in [-0.3, -0.25) is 4.79 Å². The molecule has 2 N–H and O–H groups in total. The fraction of sp³-hybridized carbons (Fsp3) is 0.0870. The standard InChI is InChI=1S/C23H18N2O3/c26-23(12-15-9-10-21-22(11-15)28-14-27-21)25-19-8-4-2-6-17(19)20-13-16-5-1-3-7-18(16)24-20/h1-11,13,24H,12,14H2,(H,25,26). The molecule has 0 spiro atoms. The van der Waals surface area contributed by atoms with Crippen molar-refractivity contribution >= 4 is 22.5 Å². The number of H-pyrrole nitrogens is 1. The first-order valence-corrected chi connectivity index (χ1v) is 9.12. The number of amides is 1. The zero-order valence-corrected chi connectivity index (χ0v) is 15.1. The number of benzene rings is 3. The molecule has 5 nitrogen and oxygen atoms in total. The second-order valence-corrected chi connectivity index (χ2v) is 6.73. The number of carbonyl (C=O) groups is 1. The first-order valence-electron chi connectivity index (χ1n) is 9.12. The van der Waals surface area contributed by atoms with Crippen LogP contribution in [0.3, 0.4) is 0 Å². The number of hydrogen-bond donors (Lipinski definition) is 2. The minimum absolute atomic E-state index is 0.0811. The van der Waals surface area contributed by atoms with Crippen LogP contribution in [0, 0.1) is 0 Å². The highest BCUT2D eigenvalue weighted by atomic mass is 16.7. The Morgan fingerprint density at radius 1 is 0.929 bits per heavy atom. The molecule has 0 bridgehead atoms. The van der Waals surface area contributed by atoms with Crippen molar-refractivity contribution in [1.29, 1.82) is 0 Å². The monoisotopic (exact) mass is 370 g/mol. The van der Waals surface area contributed by atoms with E-state index < -0.39 is 0 Å². The molecule has 1 aliphatic heterocycles. The topological polar surface area (TPSA) is 63.4 Å². The van der Waals surface area contributed by atoms with E-state index in [4.69, 9.17) is 9.47 Å². The third-order valence-corrected chi connectivity index (χ3v) is 4.82. The molecular weight excluding hydrogens is 352 g/mol. The van der Waals surface area contributed by atoms with Gasteiger partial charge >= 0.3 is 0 Å². The summed E-state index contributed by atoms with van der Waals surface area (Å²) in [5.41, 5.74) is 4.65. The summed E-state index contributed by atoms with van der Waals surface area (Å²) in [4.78, 5) is 16.1. The Morgan fingerprint density at radius 3 is 2.68 bits per heavy atom. The van der Waals surface area contributed by atoms with Gasteiger partial charge in [0.2, 0.25) is 12.7 Å². The highest BCUT2D eigenvalue weighted by Crippen LogP contribution is 2.33. The number of hydrogen-bond acceptors (Lipinski definition) is 3. The van der Waals surface area contributed by atoms with Crippen LogP contribution in [0.25, 0.3) is 22.2 Å². The van der Waals surface area contributed by atoms with E-state index in [1.807, 2.05) is 60.7 Å². The molecular formula is C23H18N2O3. The van der Waals surface area contributed by atoms with Gasteiger partial charge in [-0.25, -0.2) is 0 Å². The molecule has 5 heteroatoms. The smallest absolute Gasteiger partial charge is 0.231 e. The normalized spacial score (nSPS) is 12.3. The Morgan fingerprint density at radius 2 is 1.75 bits per heavy atom. The summed E-state index contributed by atoms with van der Waals surface area (Å²) >= 11 is 0. The zero-order chi connectivity index (χ0) is 18.9. The van der Waals surface area contributed by atoms with Crippen LogP contribution in [0.4, 0.5) is 5.69 Å². The molecule has 0 unspecified atom stereocenters. The van der Waals surface area contributed by atoms with Crippen molar-refractivity contribution in [2.24, 2.45) is 0 Å². The minimum Gasteiger partial charge on any atom is -0.454 e. The average Bonchev–Trinajstić information content (AvgIpc) is 3.34. The van der Waals surface area contributed by atoms with E-state index in [2.05, 4.69) is 22.4 Å². The van der Waals surface area contributed by atoms with E-state index in [0.717, 1.165) is 33.4 Å². The number of aromatic amines is 1. The Hall–Kier alpha value is -3.73. The van der Waals surface area contributed by atoms with Gasteiger partial charge in [0.05, 0.1) is 12.1 Å². The number of fused-ring (bicyclic) bond motifs is 2. The lowest BCUT2D eigenvalue weighted by Crippen LogP contribution is -2.15. The van der Waals surface area contributed by atoms with Gasteiger partial charge in [-0.15, -0.1) is 0 Å². The second-order valence-electron chi connectivity index (χ2n) is 6.73. The minimum atomic E-state index is -0.0811. The molecule has 5 rings (SSSR count). The number of anilines is 1. The molecule has 1 aromatic heterocycles. The first-order chi connectivity index (χ1) is 13.8. The molecule has 28 heavy (non-hydrogen) atoms. The molecule has 0 saturated carbocycles. The van der Waals surface area contributed by atoms with E-state index >= 15 is 0 Å². The third-order valence-electron chi connectivity index (χ3n) is 4.82. The van der Waals surface area contributed by atoms with Crippen molar-refractivity contribution in [3.8, 4) is 22.8 Å². The van der Waals surface area contributed by atoms with E-state index in [9.17, 15) is 4.79 Å². The van der Waals surface area contributed by atoms with Crippen LogP contribution in [-0.4, -0.2) is 17.7 Å². The molecule has 1 aliphatic rings. The maximum atomic E-state index is 12.6. The average molecular weight is 370 g/mol. The lowest BCUT2D eigenvalue weighted by atomic mass is 10.1. The summed E-state index contributed by atoms with van der Waals surface area (Å²) in [6.07, 6.45) is 0.262. The Kier molecular flexibility index (Phi) is 3.98. The van der Waals surface area contributed by atoms with Gasteiger partial charge in [0.1, 0.15) is 0 Å². The fourth-order valence-corrected chi connectivity index (χ4v) is 3.48. The summed E-state index contributed by atoms with van der Waals surface area (Å²) in [5.74, 6) is 1.32. The number of carbonyl (C=O) groups excluding carboxylic acids is 1. The maximum absolute atomic E-state index is 12.6. The van der Waals surface area contributed by atoms with Crippen molar-refractivity contribution in [3.63, 3.8) is 0 Å². The van der Waals surface area contributed by atoms with Gasteiger partial charge in [0, 0.05) is 22.2 Å². The highest BCUT2D eigenvalue weighted by molar-refractivity contribution is 5.97. The third kappa shape index (κ3) is 3.07. The summed E-state index contributed by atoms with van der Waals surface area (Å²) in [7, 11) is 0. The first kappa shape index (κ1) is 16.4. The number of para-hydroxylation sites is 2. The van der Waals surface area contributed by atoms with Crippen LogP contribution >= 0.6 is 0 Å². The van der Waals surface area contributed by atoms with Crippen molar-refractivity contribution in [1.82, 2.24) is 4.98 Å². The maximum Gasteiger partial charge on any atom is 0.231 e. The summed E-state index contributed by atoms with van der Waals surface area (Å²) < 4.78 is 10.7. The largest absolute Gasteiger partial charge is 0.454 e. The zero-order valence-electron chi connectivity index (χ0n) is 15.1. The van der Waals surface area contributed by atoms with Gasteiger partial charge in [-0.1, -0.05) is 42.5 Å². The predicted octanol–water partition coefficient (Wildman–Crippen LogP) is 4.74. The molecule has 0 radical (unpaired) electrons. The Bertz CT molecular complexity index is 1150. The van der Waals surface area contributed by atoms with Crippen molar-refractivity contribution in [3.05, 3.63) is 78.4 Å². The second kappa shape index (κ2) is 6.78. The van der Waals surface area contributed by atoms with Gasteiger partial charge < -0.3 is 19.8 Å². The quantitative estimate of drug-likeness (QED) is 0.545. The van der Waals surface area contributed by atoms with Crippen LogP contribution in [0.2, 0.25) is 0 Å². The molecule has 0 fully saturated rings. The Labute approximate surface area is 161 Å². The number of aromatic nitrogens is 1. The van der Waals surface area contributed by atoms with Crippen molar-refractivity contribution in [2.45, 2.75) is 6.42 Å². The van der Waals surface area contributed by atoms with Gasteiger partial charge in [0.25, 0.3) is 0 Å². The van der Waals surface area contributed by atoms with Gasteiger partial charge in [-0.05, 0) is 35.9 Å². The van der Waals surface area contributed by atoms with Crippen LogP contribution < -0.4 is 14.8 Å². The highest BCUT2D eigenvalue weighted by Gasteiger charge is 2.15. The molecule has 138 valence electrons. The molecule has 2 heterocycles. The summed E-state index contributed by atoms with van der Waals surface area (Å²) in [6, 6.07) is 23.6. The number of nitrogens with one attached hydrogen (secondary N) is 2.